The molecule has 0 spiro atoms. The lowest BCUT2D eigenvalue weighted by Gasteiger charge is -2.43. The van der Waals surface area contributed by atoms with E-state index in [0.29, 0.717) is 12.0 Å². The first-order valence-electron chi connectivity index (χ1n) is 7.52. The van der Waals surface area contributed by atoms with Gasteiger partial charge in [0.1, 0.15) is 0 Å². The van der Waals surface area contributed by atoms with Crippen molar-refractivity contribution in [3.63, 3.8) is 0 Å². The molecule has 1 rings (SSSR count). The molecule has 0 heterocycles. The SMILES string of the molecule is CCCC(N(C)C)C(N)(CC(C)C)c1ccc(Cl)cc1. The van der Waals surface area contributed by atoms with Crippen molar-refractivity contribution in [2.45, 2.75) is 51.6 Å². The summed E-state index contributed by atoms with van der Waals surface area (Å²) in [5, 5.41) is 0.762. The van der Waals surface area contributed by atoms with Crippen LogP contribution in [0.3, 0.4) is 0 Å². The minimum absolute atomic E-state index is 0.330. The van der Waals surface area contributed by atoms with Crippen LogP contribution in [0.1, 0.15) is 45.6 Å². The maximum atomic E-state index is 6.92. The van der Waals surface area contributed by atoms with Crippen LogP contribution in [-0.4, -0.2) is 25.0 Å². The zero-order valence-electron chi connectivity index (χ0n) is 13.5. The van der Waals surface area contributed by atoms with Gasteiger partial charge < -0.3 is 10.6 Å². The molecule has 1 aromatic rings. The highest BCUT2D eigenvalue weighted by molar-refractivity contribution is 6.30. The van der Waals surface area contributed by atoms with Crippen molar-refractivity contribution in [2.75, 3.05) is 14.1 Å². The predicted octanol–water partition coefficient (Wildman–Crippen LogP) is 4.27. The lowest BCUT2D eigenvalue weighted by atomic mass is 9.75. The smallest absolute Gasteiger partial charge is 0.0569 e. The summed E-state index contributed by atoms with van der Waals surface area (Å²) in [7, 11) is 4.25. The number of rotatable bonds is 7. The second-order valence-electron chi connectivity index (χ2n) is 6.41. The van der Waals surface area contributed by atoms with Crippen LogP contribution in [0.15, 0.2) is 24.3 Å². The van der Waals surface area contributed by atoms with Gasteiger partial charge in [-0.25, -0.2) is 0 Å². The van der Waals surface area contributed by atoms with Crippen LogP contribution < -0.4 is 5.73 Å². The van der Waals surface area contributed by atoms with Crippen LogP contribution in [0.5, 0.6) is 0 Å². The minimum Gasteiger partial charge on any atom is -0.320 e. The number of benzene rings is 1. The molecule has 20 heavy (non-hydrogen) atoms. The van der Waals surface area contributed by atoms with Crippen LogP contribution in [0, 0.1) is 5.92 Å². The molecule has 2 atom stereocenters. The standard InChI is InChI=1S/C17H29ClN2/c1-6-7-16(20(4)5)17(19,12-13(2)3)14-8-10-15(18)11-9-14/h8-11,13,16H,6-7,12,19H2,1-5H3. The van der Waals surface area contributed by atoms with Gasteiger partial charge in [0.25, 0.3) is 0 Å². The Bertz CT molecular complexity index is 400. The highest BCUT2D eigenvalue weighted by Gasteiger charge is 2.37. The van der Waals surface area contributed by atoms with E-state index in [9.17, 15) is 0 Å². The summed E-state index contributed by atoms with van der Waals surface area (Å²) in [5.41, 5.74) is 7.76. The first-order valence-corrected chi connectivity index (χ1v) is 7.90. The van der Waals surface area contributed by atoms with Crippen molar-refractivity contribution in [2.24, 2.45) is 11.7 Å². The molecule has 0 bridgehead atoms. The Balaban J connectivity index is 3.22. The first-order chi connectivity index (χ1) is 9.31. The van der Waals surface area contributed by atoms with E-state index in [-0.39, 0.29) is 5.54 Å². The molecule has 2 N–H and O–H groups in total. The third kappa shape index (κ3) is 4.21. The summed E-state index contributed by atoms with van der Waals surface area (Å²) in [5.74, 6) is 0.551. The molecule has 0 saturated heterocycles. The predicted molar refractivity (Wildman–Crippen MR) is 89.2 cm³/mol. The molecular formula is C17H29ClN2. The molecule has 0 aliphatic rings. The molecule has 2 unspecified atom stereocenters. The summed E-state index contributed by atoms with van der Waals surface area (Å²) in [6.45, 7) is 6.68. The Morgan fingerprint density at radius 1 is 1.20 bits per heavy atom. The number of halogens is 1. The quantitative estimate of drug-likeness (QED) is 0.814. The normalized spacial score (nSPS) is 16.4. The fourth-order valence-corrected chi connectivity index (χ4v) is 3.26. The van der Waals surface area contributed by atoms with Crippen LogP contribution in [-0.2, 0) is 5.54 Å². The summed E-state index contributed by atoms with van der Waals surface area (Å²) < 4.78 is 0. The van der Waals surface area contributed by atoms with Crippen molar-refractivity contribution in [1.82, 2.24) is 4.90 Å². The van der Waals surface area contributed by atoms with Gasteiger partial charge in [-0.15, -0.1) is 0 Å². The van der Waals surface area contributed by atoms with Gasteiger partial charge in [-0.3, -0.25) is 0 Å². The molecule has 0 aromatic heterocycles. The van der Waals surface area contributed by atoms with E-state index in [0.717, 1.165) is 24.3 Å². The van der Waals surface area contributed by atoms with Crippen LogP contribution in [0.25, 0.3) is 0 Å². The Morgan fingerprint density at radius 3 is 2.15 bits per heavy atom. The monoisotopic (exact) mass is 296 g/mol. The summed E-state index contributed by atoms with van der Waals surface area (Å²) in [6.07, 6.45) is 3.20. The average Bonchev–Trinajstić information content (AvgIpc) is 2.35. The third-order valence-electron chi connectivity index (χ3n) is 3.91. The number of nitrogens with two attached hydrogens (primary N) is 1. The molecule has 0 radical (unpaired) electrons. The second-order valence-corrected chi connectivity index (χ2v) is 6.85. The van der Waals surface area contributed by atoms with Gasteiger partial charge in [-0.2, -0.15) is 0 Å². The Kier molecular flexibility index (Phi) is 6.50. The van der Waals surface area contributed by atoms with Crippen molar-refractivity contribution in [3.8, 4) is 0 Å². The minimum atomic E-state index is -0.335. The Labute approximate surface area is 129 Å². The van der Waals surface area contributed by atoms with Crippen molar-refractivity contribution in [1.29, 1.82) is 0 Å². The van der Waals surface area contributed by atoms with Crippen LogP contribution >= 0.6 is 11.6 Å². The first kappa shape index (κ1) is 17.5. The molecule has 0 saturated carbocycles. The number of hydrogen-bond acceptors (Lipinski definition) is 2. The highest BCUT2D eigenvalue weighted by atomic mass is 35.5. The van der Waals surface area contributed by atoms with E-state index in [2.05, 4.69) is 51.9 Å². The van der Waals surface area contributed by atoms with E-state index in [1.54, 1.807) is 0 Å². The molecule has 2 nitrogen and oxygen atoms in total. The lowest BCUT2D eigenvalue weighted by molar-refractivity contribution is 0.142. The largest absolute Gasteiger partial charge is 0.320 e. The van der Waals surface area contributed by atoms with E-state index >= 15 is 0 Å². The maximum absolute atomic E-state index is 6.92. The third-order valence-corrected chi connectivity index (χ3v) is 4.16. The molecule has 0 amide bonds. The Hall–Kier alpha value is -0.570. The average molecular weight is 297 g/mol. The topological polar surface area (TPSA) is 29.3 Å². The second kappa shape index (κ2) is 7.44. The van der Waals surface area contributed by atoms with E-state index in [1.807, 2.05) is 12.1 Å². The van der Waals surface area contributed by atoms with Gasteiger partial charge in [0, 0.05) is 11.1 Å². The van der Waals surface area contributed by atoms with Gasteiger partial charge in [0.15, 0.2) is 0 Å². The maximum Gasteiger partial charge on any atom is 0.0569 e. The van der Waals surface area contributed by atoms with Gasteiger partial charge in [0.2, 0.25) is 0 Å². The summed E-state index contributed by atoms with van der Waals surface area (Å²) in [4.78, 5) is 2.26. The zero-order chi connectivity index (χ0) is 15.3. The molecule has 3 heteroatoms. The van der Waals surface area contributed by atoms with Gasteiger partial charge in [-0.05, 0) is 50.6 Å². The molecule has 0 aliphatic heterocycles. The summed E-state index contributed by atoms with van der Waals surface area (Å²) in [6, 6.07) is 8.37. The number of likely N-dealkylation sites (N-methyl/N-ethyl adjacent to an activating group) is 1. The van der Waals surface area contributed by atoms with Crippen molar-refractivity contribution in [3.05, 3.63) is 34.9 Å². The van der Waals surface area contributed by atoms with Gasteiger partial charge >= 0.3 is 0 Å². The van der Waals surface area contributed by atoms with Crippen LogP contribution in [0.2, 0.25) is 5.02 Å². The molecular weight excluding hydrogens is 268 g/mol. The molecule has 1 aromatic carbocycles. The van der Waals surface area contributed by atoms with E-state index in [1.165, 1.54) is 5.56 Å². The fraction of sp³-hybridized carbons (Fsp3) is 0.647. The zero-order valence-corrected chi connectivity index (χ0v) is 14.2. The van der Waals surface area contributed by atoms with Gasteiger partial charge in [0.05, 0.1) is 5.54 Å². The molecule has 0 aliphatic carbocycles. The molecule has 114 valence electrons. The number of nitrogens with zero attached hydrogens (tertiary/aromatic N) is 1. The van der Waals surface area contributed by atoms with Crippen molar-refractivity contribution >= 4 is 11.6 Å². The fourth-order valence-electron chi connectivity index (χ4n) is 3.13. The molecule has 0 fully saturated rings. The summed E-state index contributed by atoms with van der Waals surface area (Å²) >= 11 is 6.02. The van der Waals surface area contributed by atoms with Crippen molar-refractivity contribution < 1.29 is 0 Å². The van der Waals surface area contributed by atoms with Gasteiger partial charge in [-0.1, -0.05) is 50.9 Å². The Morgan fingerprint density at radius 2 is 1.75 bits per heavy atom. The van der Waals surface area contributed by atoms with E-state index < -0.39 is 0 Å². The van der Waals surface area contributed by atoms with Crippen LogP contribution in [0.4, 0.5) is 0 Å². The number of hydrogen-bond donors (Lipinski definition) is 1. The lowest BCUT2D eigenvalue weighted by Crippen LogP contribution is -2.54. The highest BCUT2D eigenvalue weighted by Crippen LogP contribution is 2.34. The van der Waals surface area contributed by atoms with E-state index in [4.69, 9.17) is 17.3 Å².